The quantitative estimate of drug-likeness (QED) is 0.665. The van der Waals surface area contributed by atoms with Crippen molar-refractivity contribution >= 4 is 5.97 Å². The van der Waals surface area contributed by atoms with Gasteiger partial charge in [-0.2, -0.15) is 0 Å². The van der Waals surface area contributed by atoms with Gasteiger partial charge in [0.15, 0.2) is 0 Å². The lowest BCUT2D eigenvalue weighted by Gasteiger charge is -2.25. The Morgan fingerprint density at radius 1 is 1.27 bits per heavy atom. The van der Waals surface area contributed by atoms with Crippen molar-refractivity contribution in [2.75, 3.05) is 6.61 Å². The van der Waals surface area contributed by atoms with E-state index in [9.17, 15) is 4.79 Å². The van der Waals surface area contributed by atoms with E-state index < -0.39 is 5.97 Å². The highest BCUT2D eigenvalue weighted by molar-refractivity contribution is 5.71. The molecule has 0 aliphatic heterocycles. The van der Waals surface area contributed by atoms with E-state index >= 15 is 0 Å². The van der Waals surface area contributed by atoms with Crippen LogP contribution in [-0.2, 0) is 4.79 Å². The van der Waals surface area contributed by atoms with Crippen LogP contribution in [0.5, 0.6) is 0 Å². The molecule has 1 saturated carbocycles. The summed E-state index contributed by atoms with van der Waals surface area (Å²) in [7, 11) is 0. The number of hydrogen-bond donors (Lipinski definition) is 2. The molecule has 1 fully saturated rings. The molecule has 2 unspecified atom stereocenters. The fourth-order valence-electron chi connectivity index (χ4n) is 2.22. The van der Waals surface area contributed by atoms with Crippen molar-refractivity contribution in [3.63, 3.8) is 0 Å². The van der Waals surface area contributed by atoms with Gasteiger partial charge in [-0.05, 0) is 38.0 Å². The highest BCUT2D eigenvalue weighted by atomic mass is 16.4. The summed E-state index contributed by atoms with van der Waals surface area (Å²) in [6.45, 7) is 0.290. The maximum atomic E-state index is 10.7. The molecule has 1 rings (SSSR count). The number of aliphatic hydroxyl groups is 1. The Kier molecular flexibility index (Phi) is 5.69. The molecule has 2 N–H and O–H groups in total. The molecule has 0 amide bonds. The molecule has 3 nitrogen and oxygen atoms in total. The number of carboxylic acids is 1. The molecule has 0 aromatic carbocycles. The van der Waals surface area contributed by atoms with E-state index in [0.717, 1.165) is 38.5 Å². The molecular weight excluding hydrogens is 192 g/mol. The van der Waals surface area contributed by atoms with Gasteiger partial charge in [-0.25, -0.2) is 0 Å². The molecule has 3 heteroatoms. The second-order valence-electron chi connectivity index (χ2n) is 4.43. The van der Waals surface area contributed by atoms with Gasteiger partial charge >= 0.3 is 5.97 Å². The summed E-state index contributed by atoms with van der Waals surface area (Å²) in [5.74, 6) is -0.202. The van der Waals surface area contributed by atoms with Gasteiger partial charge in [0, 0.05) is 6.61 Å². The fraction of sp³-hybridized carbons (Fsp3) is 0.833. The molecule has 0 spiro atoms. The van der Waals surface area contributed by atoms with Crippen LogP contribution < -0.4 is 0 Å². The van der Waals surface area contributed by atoms with Crippen LogP contribution in [0.4, 0.5) is 0 Å². The molecule has 1 aliphatic carbocycles. The average Bonchev–Trinajstić information content (AvgIpc) is 2.25. The Bertz CT molecular complexity index is 183. The first-order valence-electron chi connectivity index (χ1n) is 5.91. The largest absolute Gasteiger partial charge is 0.481 e. The van der Waals surface area contributed by atoms with Gasteiger partial charge in [-0.15, -0.1) is 0 Å². The number of unbranched alkanes of at least 4 members (excludes halogenated alkanes) is 2. The summed E-state index contributed by atoms with van der Waals surface area (Å²) in [6.07, 6.45) is 9.11. The molecule has 87 valence electrons. The predicted octanol–water partition coefficient (Wildman–Crippen LogP) is 2.24. The maximum absolute atomic E-state index is 10.7. The summed E-state index contributed by atoms with van der Waals surface area (Å²) in [6, 6.07) is 0. The third kappa shape index (κ3) is 4.65. The zero-order valence-electron chi connectivity index (χ0n) is 9.19. The fourth-order valence-corrected chi connectivity index (χ4v) is 2.22. The van der Waals surface area contributed by atoms with E-state index in [0.29, 0.717) is 5.92 Å². The standard InChI is InChI=1S/C12H21O3/c13-9-3-1-2-4-10-5-7-11(8-6-10)12(14)15/h7,10-11,13H,1-6,8-9H2,(H,14,15). The number of hydrogen-bond acceptors (Lipinski definition) is 2. The first kappa shape index (κ1) is 12.5. The first-order valence-corrected chi connectivity index (χ1v) is 5.91. The van der Waals surface area contributed by atoms with E-state index in [-0.39, 0.29) is 12.5 Å². The lowest BCUT2D eigenvalue weighted by atomic mass is 9.80. The van der Waals surface area contributed by atoms with Crippen LogP contribution >= 0.6 is 0 Å². The van der Waals surface area contributed by atoms with E-state index in [1.54, 1.807) is 0 Å². The Balaban J connectivity index is 2.07. The number of carbonyl (C=O) groups is 1. The van der Waals surface area contributed by atoms with Gasteiger partial charge in [0.2, 0.25) is 0 Å². The molecule has 1 aliphatic rings. The van der Waals surface area contributed by atoms with Crippen LogP contribution in [-0.4, -0.2) is 22.8 Å². The Hall–Kier alpha value is -0.570. The van der Waals surface area contributed by atoms with E-state index in [1.807, 2.05) is 6.42 Å². The topological polar surface area (TPSA) is 57.5 Å². The van der Waals surface area contributed by atoms with Gasteiger partial charge in [-0.3, -0.25) is 4.79 Å². The van der Waals surface area contributed by atoms with Crippen LogP contribution in [0, 0.1) is 18.3 Å². The Labute approximate surface area is 91.5 Å². The zero-order valence-corrected chi connectivity index (χ0v) is 9.19. The van der Waals surface area contributed by atoms with Gasteiger partial charge in [-0.1, -0.05) is 19.3 Å². The average molecular weight is 213 g/mol. The second-order valence-corrected chi connectivity index (χ2v) is 4.43. The van der Waals surface area contributed by atoms with Crippen molar-refractivity contribution < 1.29 is 15.0 Å². The Morgan fingerprint density at radius 3 is 2.60 bits per heavy atom. The van der Waals surface area contributed by atoms with Gasteiger partial charge in [0.05, 0.1) is 5.92 Å². The zero-order chi connectivity index (χ0) is 11.1. The minimum absolute atomic E-state index is 0.210. The molecule has 15 heavy (non-hydrogen) atoms. The number of aliphatic carboxylic acids is 1. The lowest BCUT2D eigenvalue weighted by molar-refractivity contribution is -0.141. The van der Waals surface area contributed by atoms with Gasteiger partial charge in [0.1, 0.15) is 0 Å². The summed E-state index contributed by atoms with van der Waals surface area (Å²) < 4.78 is 0. The monoisotopic (exact) mass is 213 g/mol. The van der Waals surface area contributed by atoms with Crippen LogP contribution in [0.15, 0.2) is 0 Å². The predicted molar refractivity (Wildman–Crippen MR) is 58.3 cm³/mol. The van der Waals surface area contributed by atoms with E-state index in [2.05, 4.69) is 0 Å². The number of aliphatic hydroxyl groups excluding tert-OH is 1. The lowest BCUT2D eigenvalue weighted by Crippen LogP contribution is -2.21. The summed E-state index contributed by atoms with van der Waals surface area (Å²) in [4.78, 5) is 10.7. The van der Waals surface area contributed by atoms with Gasteiger partial charge < -0.3 is 10.2 Å². The number of carboxylic acid groups (broad SMARTS) is 1. The van der Waals surface area contributed by atoms with Crippen LogP contribution in [0.2, 0.25) is 0 Å². The molecule has 1 radical (unpaired) electrons. The smallest absolute Gasteiger partial charge is 0.306 e. The number of rotatable bonds is 6. The van der Waals surface area contributed by atoms with Crippen molar-refractivity contribution in [2.45, 2.75) is 44.9 Å². The SMILES string of the molecule is O=C(O)C1[CH]CC(CCCCCO)CC1. The maximum Gasteiger partial charge on any atom is 0.306 e. The van der Waals surface area contributed by atoms with Crippen molar-refractivity contribution in [3.8, 4) is 0 Å². The minimum Gasteiger partial charge on any atom is -0.481 e. The van der Waals surface area contributed by atoms with Crippen molar-refractivity contribution in [1.29, 1.82) is 0 Å². The van der Waals surface area contributed by atoms with Crippen molar-refractivity contribution in [2.24, 2.45) is 11.8 Å². The van der Waals surface area contributed by atoms with E-state index in [4.69, 9.17) is 10.2 Å². The molecule has 0 aromatic heterocycles. The van der Waals surface area contributed by atoms with Gasteiger partial charge in [0.25, 0.3) is 0 Å². The third-order valence-electron chi connectivity index (χ3n) is 3.23. The summed E-state index contributed by atoms with van der Waals surface area (Å²) in [5.41, 5.74) is 0. The van der Waals surface area contributed by atoms with Crippen molar-refractivity contribution in [3.05, 3.63) is 6.42 Å². The van der Waals surface area contributed by atoms with Crippen LogP contribution in [0.25, 0.3) is 0 Å². The summed E-state index contributed by atoms with van der Waals surface area (Å²) in [5, 5.41) is 17.4. The molecule has 2 atom stereocenters. The first-order chi connectivity index (χ1) is 7.24. The minimum atomic E-state index is -0.672. The molecule has 0 heterocycles. The molecule has 0 saturated heterocycles. The second kappa shape index (κ2) is 6.83. The van der Waals surface area contributed by atoms with Crippen LogP contribution in [0.1, 0.15) is 44.9 Å². The molecule has 0 bridgehead atoms. The molecular formula is C12H21O3. The van der Waals surface area contributed by atoms with Crippen LogP contribution in [0.3, 0.4) is 0 Å². The third-order valence-corrected chi connectivity index (χ3v) is 3.23. The van der Waals surface area contributed by atoms with E-state index in [1.165, 1.54) is 6.42 Å². The Morgan fingerprint density at radius 2 is 2.07 bits per heavy atom. The van der Waals surface area contributed by atoms with Crippen molar-refractivity contribution in [1.82, 2.24) is 0 Å². The highest BCUT2D eigenvalue weighted by Gasteiger charge is 2.25. The molecule has 0 aromatic rings. The highest BCUT2D eigenvalue weighted by Crippen LogP contribution is 2.31. The summed E-state index contributed by atoms with van der Waals surface area (Å²) >= 11 is 0. The normalized spacial score (nSPS) is 26.5.